The van der Waals surface area contributed by atoms with Crippen LogP contribution >= 0.6 is 11.3 Å². The summed E-state index contributed by atoms with van der Waals surface area (Å²) in [6.07, 6.45) is -0.749. The van der Waals surface area contributed by atoms with Crippen LogP contribution in [0, 0.1) is 17.5 Å². The monoisotopic (exact) mass is 394 g/mol. The first-order valence-corrected chi connectivity index (χ1v) is 8.68. The number of carboxylic acids is 1. The summed E-state index contributed by atoms with van der Waals surface area (Å²) in [5.41, 5.74) is 0.0535. The van der Waals surface area contributed by atoms with Crippen LogP contribution < -0.4 is 4.90 Å². The highest BCUT2D eigenvalue weighted by Gasteiger charge is 2.22. The maximum Gasteiger partial charge on any atom is 0.303 e. The molecule has 0 aliphatic heterocycles. The Labute approximate surface area is 155 Å². The Balaban J connectivity index is 1.96. The minimum Gasteiger partial charge on any atom is -0.481 e. The molecule has 3 aromatic rings. The van der Waals surface area contributed by atoms with E-state index in [0.29, 0.717) is 0 Å². The van der Waals surface area contributed by atoms with Gasteiger partial charge in [-0.2, -0.15) is 0 Å². The van der Waals surface area contributed by atoms with Crippen LogP contribution in [0.15, 0.2) is 36.4 Å². The summed E-state index contributed by atoms with van der Waals surface area (Å²) in [7, 11) is 0. The van der Waals surface area contributed by atoms with Crippen molar-refractivity contribution < 1.29 is 27.9 Å². The molecule has 1 heterocycles. The first-order valence-electron chi connectivity index (χ1n) is 7.86. The summed E-state index contributed by atoms with van der Waals surface area (Å²) < 4.78 is 41.5. The number of carbonyl (C=O) groups excluding carboxylic acids is 1. The van der Waals surface area contributed by atoms with Crippen molar-refractivity contribution in [3.63, 3.8) is 0 Å². The van der Waals surface area contributed by atoms with E-state index in [1.807, 2.05) is 0 Å². The van der Waals surface area contributed by atoms with Crippen molar-refractivity contribution in [3.8, 4) is 0 Å². The van der Waals surface area contributed by atoms with Gasteiger partial charge in [-0.15, -0.1) is 11.3 Å². The maximum atomic E-state index is 14.2. The molecule has 140 valence electrons. The van der Waals surface area contributed by atoms with E-state index >= 15 is 0 Å². The summed E-state index contributed by atoms with van der Waals surface area (Å²) in [5.74, 6) is -3.99. The van der Waals surface area contributed by atoms with Crippen molar-refractivity contribution >= 4 is 39.1 Å². The molecule has 1 amide bonds. The molecule has 0 unspecified atom stereocenters. The van der Waals surface area contributed by atoms with E-state index < -0.39 is 35.7 Å². The molecule has 0 aliphatic rings. The fraction of sp³-hybridized carbons (Fsp3) is 0.167. The van der Waals surface area contributed by atoms with Crippen LogP contribution in [0.3, 0.4) is 0 Å². The van der Waals surface area contributed by atoms with Crippen molar-refractivity contribution in [1.29, 1.82) is 0 Å². The number of para-hydroxylation sites is 1. The Bertz CT molecular complexity index is 1020. The molecule has 0 saturated heterocycles. The number of rotatable bonds is 6. The number of carbonyl (C=O) groups is 2. The second-order valence-electron chi connectivity index (χ2n) is 5.67. The zero-order valence-electron chi connectivity index (χ0n) is 13.8. The fourth-order valence-electron chi connectivity index (χ4n) is 2.54. The largest absolute Gasteiger partial charge is 0.481 e. The number of benzene rings is 2. The molecule has 1 aromatic heterocycles. The first kappa shape index (κ1) is 18.8. The normalized spacial score (nSPS) is 10.9. The highest BCUT2D eigenvalue weighted by Crippen LogP contribution is 2.29. The summed E-state index contributed by atoms with van der Waals surface area (Å²) in [4.78, 5) is 28.4. The lowest BCUT2D eigenvalue weighted by molar-refractivity contribution is -0.138. The maximum absolute atomic E-state index is 14.2. The molecule has 5 nitrogen and oxygen atoms in total. The third-order valence-corrected chi connectivity index (χ3v) is 4.81. The van der Waals surface area contributed by atoms with Gasteiger partial charge >= 0.3 is 5.97 Å². The lowest BCUT2D eigenvalue weighted by atomic mass is 10.2. The molecule has 1 N–H and O–H groups in total. The lowest BCUT2D eigenvalue weighted by Crippen LogP contribution is -2.31. The van der Waals surface area contributed by atoms with Crippen LogP contribution in [-0.2, 0) is 16.1 Å². The van der Waals surface area contributed by atoms with E-state index in [0.717, 1.165) is 28.4 Å². The third kappa shape index (κ3) is 4.25. The van der Waals surface area contributed by atoms with E-state index in [4.69, 9.17) is 5.11 Å². The molecule has 0 saturated carbocycles. The lowest BCUT2D eigenvalue weighted by Gasteiger charge is -2.22. The Morgan fingerprint density at radius 3 is 2.52 bits per heavy atom. The zero-order valence-corrected chi connectivity index (χ0v) is 14.6. The van der Waals surface area contributed by atoms with E-state index in [9.17, 15) is 22.8 Å². The van der Waals surface area contributed by atoms with Crippen molar-refractivity contribution in [3.05, 3.63) is 58.9 Å². The number of amides is 1. The number of aliphatic carboxylic acids is 1. The van der Waals surface area contributed by atoms with E-state index in [1.165, 1.54) is 24.3 Å². The summed E-state index contributed by atoms with van der Waals surface area (Å²) >= 11 is 0.918. The van der Waals surface area contributed by atoms with Gasteiger partial charge < -0.3 is 10.0 Å². The molecular weight excluding hydrogens is 381 g/mol. The molecule has 2 aromatic carbocycles. The van der Waals surface area contributed by atoms with E-state index in [2.05, 4.69) is 4.98 Å². The van der Waals surface area contributed by atoms with Gasteiger partial charge in [0.2, 0.25) is 5.91 Å². The molecule has 0 atom stereocenters. The van der Waals surface area contributed by atoms with Crippen molar-refractivity contribution in [2.24, 2.45) is 0 Å². The van der Waals surface area contributed by atoms with Crippen molar-refractivity contribution in [2.75, 3.05) is 4.90 Å². The van der Waals surface area contributed by atoms with Gasteiger partial charge in [0.1, 0.15) is 22.5 Å². The predicted molar refractivity (Wildman–Crippen MR) is 94.0 cm³/mol. The van der Waals surface area contributed by atoms with Gasteiger partial charge in [-0.25, -0.2) is 18.2 Å². The van der Waals surface area contributed by atoms with Crippen LogP contribution in [0.2, 0.25) is 0 Å². The Morgan fingerprint density at radius 2 is 1.81 bits per heavy atom. The summed E-state index contributed by atoms with van der Waals surface area (Å²) in [6, 6.07) is 7.33. The molecule has 0 spiro atoms. The average Bonchev–Trinajstić information content (AvgIpc) is 3.01. The third-order valence-electron chi connectivity index (χ3n) is 3.74. The topological polar surface area (TPSA) is 70.5 Å². The second-order valence-corrected chi connectivity index (χ2v) is 6.75. The number of fused-ring (bicyclic) bond motifs is 1. The van der Waals surface area contributed by atoms with Crippen LogP contribution in [-0.4, -0.2) is 22.0 Å². The smallest absolute Gasteiger partial charge is 0.303 e. The molecular formula is C18H13F3N2O3S. The van der Waals surface area contributed by atoms with E-state index in [1.54, 1.807) is 0 Å². The molecule has 3 rings (SSSR count). The highest BCUT2D eigenvalue weighted by molar-refractivity contribution is 7.18. The minimum atomic E-state index is -1.16. The second kappa shape index (κ2) is 7.75. The quantitative estimate of drug-likeness (QED) is 0.683. The SMILES string of the molecule is O=C(O)CCC(=O)N(Cc1nc2cc(F)cc(F)c2s1)c1ccccc1F. The number of nitrogens with zero attached hydrogens (tertiary/aromatic N) is 2. The molecule has 0 aliphatic carbocycles. The van der Waals surface area contributed by atoms with Gasteiger partial charge in [0.25, 0.3) is 0 Å². The summed E-state index contributed by atoms with van der Waals surface area (Å²) in [6.45, 7) is -0.195. The Kier molecular flexibility index (Phi) is 5.41. The number of halogens is 3. The first-order chi connectivity index (χ1) is 12.8. The highest BCUT2D eigenvalue weighted by atomic mass is 32.1. The van der Waals surface area contributed by atoms with Crippen LogP contribution in [0.25, 0.3) is 10.2 Å². The molecule has 9 heteroatoms. The predicted octanol–water partition coefficient (Wildman–Crippen LogP) is 4.11. The van der Waals surface area contributed by atoms with Crippen LogP contribution in [0.1, 0.15) is 17.8 Å². The zero-order chi connectivity index (χ0) is 19.6. The van der Waals surface area contributed by atoms with E-state index in [-0.39, 0.29) is 33.9 Å². The van der Waals surface area contributed by atoms with Crippen molar-refractivity contribution in [2.45, 2.75) is 19.4 Å². The number of thiazole rings is 1. The number of hydrogen-bond acceptors (Lipinski definition) is 4. The van der Waals surface area contributed by atoms with Gasteiger partial charge in [0, 0.05) is 18.6 Å². The standard InChI is InChI=1S/C18H13F3N2O3S/c19-10-7-12(21)18-13(8-10)22-15(27-18)9-23(16(24)5-6-17(25)26)14-4-2-1-3-11(14)20/h1-4,7-8H,5-6,9H2,(H,25,26). The van der Waals surface area contributed by atoms with Gasteiger partial charge in [0.15, 0.2) is 0 Å². The fourth-order valence-corrected chi connectivity index (χ4v) is 3.47. The number of hydrogen-bond donors (Lipinski definition) is 1. The molecule has 27 heavy (non-hydrogen) atoms. The van der Waals surface area contributed by atoms with Crippen molar-refractivity contribution in [1.82, 2.24) is 4.98 Å². The van der Waals surface area contributed by atoms with Gasteiger partial charge in [-0.1, -0.05) is 12.1 Å². The van der Waals surface area contributed by atoms with Gasteiger partial charge in [0.05, 0.1) is 28.9 Å². The summed E-state index contributed by atoms with van der Waals surface area (Å²) in [5, 5.41) is 9.04. The van der Waals surface area contributed by atoms with Crippen LogP contribution in [0.5, 0.6) is 0 Å². The molecule has 0 radical (unpaired) electrons. The minimum absolute atomic E-state index is 0.0428. The van der Waals surface area contributed by atoms with Gasteiger partial charge in [-0.05, 0) is 12.1 Å². The number of anilines is 1. The molecule has 0 bridgehead atoms. The van der Waals surface area contributed by atoms with Gasteiger partial charge in [-0.3, -0.25) is 9.59 Å². The molecule has 0 fully saturated rings. The number of carboxylic acid groups (broad SMARTS) is 1. The van der Waals surface area contributed by atoms with Crippen LogP contribution in [0.4, 0.5) is 18.9 Å². The Morgan fingerprint density at radius 1 is 1.07 bits per heavy atom. The number of aromatic nitrogens is 1. The Hall–Kier alpha value is -2.94. The average molecular weight is 394 g/mol.